The molecule has 3 rings (SSSR count). The molecule has 3 aromatic carbocycles. The maximum atomic E-state index is 12.0. The zero-order valence-electron chi connectivity index (χ0n) is 15.3. The standard InChI is InChI=1S/C23H22O4/c1-17(24)27-22(18-9-5-3-6-10-18)23(25,19-11-7-4-8-12-19)20-13-15-21(26-2)16-14-20/h3-16,22,25H,1-2H3. The molecule has 2 atom stereocenters. The van der Waals surface area contributed by atoms with E-state index >= 15 is 0 Å². The maximum absolute atomic E-state index is 12.0. The Bertz CT molecular complexity index is 875. The van der Waals surface area contributed by atoms with Crippen molar-refractivity contribution in [3.8, 4) is 5.75 Å². The highest BCUT2D eigenvalue weighted by Gasteiger charge is 2.43. The van der Waals surface area contributed by atoms with Gasteiger partial charge in [0.25, 0.3) is 0 Å². The molecule has 4 heteroatoms. The SMILES string of the molecule is COc1ccc(C(O)(c2ccccc2)C(OC(C)=O)c2ccccc2)cc1. The molecule has 2 unspecified atom stereocenters. The molecule has 0 radical (unpaired) electrons. The van der Waals surface area contributed by atoms with Crippen LogP contribution in [-0.4, -0.2) is 18.2 Å². The molecule has 138 valence electrons. The normalized spacial score (nSPS) is 14.0. The molecule has 0 heterocycles. The number of aliphatic hydroxyl groups is 1. The molecule has 0 saturated carbocycles. The van der Waals surface area contributed by atoms with E-state index in [2.05, 4.69) is 0 Å². The van der Waals surface area contributed by atoms with Crippen LogP contribution >= 0.6 is 0 Å². The molecule has 0 amide bonds. The van der Waals surface area contributed by atoms with Crippen LogP contribution in [0.5, 0.6) is 5.75 Å². The first kappa shape index (κ1) is 18.7. The Hall–Kier alpha value is -3.11. The van der Waals surface area contributed by atoms with E-state index in [0.717, 1.165) is 0 Å². The zero-order valence-corrected chi connectivity index (χ0v) is 15.3. The van der Waals surface area contributed by atoms with Crippen molar-refractivity contribution < 1.29 is 19.4 Å². The number of carbonyl (C=O) groups is 1. The van der Waals surface area contributed by atoms with Crippen LogP contribution in [0.3, 0.4) is 0 Å². The first-order valence-corrected chi connectivity index (χ1v) is 8.70. The number of rotatable bonds is 6. The summed E-state index contributed by atoms with van der Waals surface area (Å²) in [6.45, 7) is 1.34. The minimum atomic E-state index is -1.57. The van der Waals surface area contributed by atoms with Crippen molar-refractivity contribution in [2.24, 2.45) is 0 Å². The average Bonchev–Trinajstić information content (AvgIpc) is 2.72. The molecular weight excluding hydrogens is 340 g/mol. The number of carbonyl (C=O) groups excluding carboxylic acids is 1. The Labute approximate surface area is 159 Å². The second-order valence-electron chi connectivity index (χ2n) is 6.26. The second-order valence-corrected chi connectivity index (χ2v) is 6.26. The lowest BCUT2D eigenvalue weighted by Crippen LogP contribution is -2.37. The molecule has 0 saturated heterocycles. The van der Waals surface area contributed by atoms with Gasteiger partial charge in [0, 0.05) is 6.92 Å². The summed E-state index contributed by atoms with van der Waals surface area (Å²) < 4.78 is 10.9. The summed E-state index contributed by atoms with van der Waals surface area (Å²) >= 11 is 0. The lowest BCUT2D eigenvalue weighted by molar-refractivity contribution is -0.160. The van der Waals surface area contributed by atoms with Crippen LogP contribution in [-0.2, 0) is 15.1 Å². The quantitative estimate of drug-likeness (QED) is 0.667. The molecule has 0 aliphatic carbocycles. The van der Waals surface area contributed by atoms with Gasteiger partial charge in [0.15, 0.2) is 11.7 Å². The van der Waals surface area contributed by atoms with Crippen molar-refractivity contribution in [2.45, 2.75) is 18.6 Å². The van der Waals surface area contributed by atoms with Crippen molar-refractivity contribution >= 4 is 5.97 Å². The van der Waals surface area contributed by atoms with E-state index < -0.39 is 17.7 Å². The van der Waals surface area contributed by atoms with Gasteiger partial charge in [0.2, 0.25) is 0 Å². The lowest BCUT2D eigenvalue weighted by atomic mass is 9.79. The second kappa shape index (κ2) is 8.06. The molecule has 0 aromatic heterocycles. The number of esters is 1. The first-order chi connectivity index (χ1) is 13.1. The van der Waals surface area contributed by atoms with E-state index in [0.29, 0.717) is 22.4 Å². The highest BCUT2D eigenvalue weighted by Crippen LogP contribution is 2.43. The van der Waals surface area contributed by atoms with Crippen LogP contribution in [0, 0.1) is 0 Å². The molecule has 27 heavy (non-hydrogen) atoms. The number of methoxy groups -OCH3 is 1. The molecule has 0 aliphatic rings. The van der Waals surface area contributed by atoms with E-state index in [1.165, 1.54) is 6.92 Å². The molecule has 1 N–H and O–H groups in total. The Morgan fingerprint density at radius 1 is 0.852 bits per heavy atom. The summed E-state index contributed by atoms with van der Waals surface area (Å²) in [7, 11) is 1.59. The van der Waals surface area contributed by atoms with Gasteiger partial charge in [-0.05, 0) is 28.8 Å². The molecule has 0 spiro atoms. The predicted molar refractivity (Wildman–Crippen MR) is 103 cm³/mol. The zero-order chi connectivity index (χ0) is 19.3. The van der Waals surface area contributed by atoms with Crippen LogP contribution < -0.4 is 4.74 Å². The Morgan fingerprint density at radius 3 is 1.89 bits per heavy atom. The predicted octanol–water partition coefficient (Wildman–Crippen LogP) is 4.24. The van der Waals surface area contributed by atoms with Gasteiger partial charge in [-0.3, -0.25) is 4.79 Å². The largest absolute Gasteiger partial charge is 0.497 e. The van der Waals surface area contributed by atoms with Gasteiger partial charge in [-0.25, -0.2) is 0 Å². The van der Waals surface area contributed by atoms with Gasteiger partial charge in [0.05, 0.1) is 7.11 Å². The van der Waals surface area contributed by atoms with Gasteiger partial charge in [-0.1, -0.05) is 72.8 Å². The number of hydrogen-bond acceptors (Lipinski definition) is 4. The number of ether oxygens (including phenoxy) is 2. The van der Waals surface area contributed by atoms with E-state index in [1.54, 1.807) is 31.4 Å². The van der Waals surface area contributed by atoms with Gasteiger partial charge < -0.3 is 14.6 Å². The first-order valence-electron chi connectivity index (χ1n) is 8.70. The van der Waals surface area contributed by atoms with Gasteiger partial charge in [0.1, 0.15) is 5.75 Å². The van der Waals surface area contributed by atoms with Crippen molar-refractivity contribution in [3.63, 3.8) is 0 Å². The van der Waals surface area contributed by atoms with Crippen LogP contribution in [0.25, 0.3) is 0 Å². The third-order valence-electron chi connectivity index (χ3n) is 4.51. The van der Waals surface area contributed by atoms with Gasteiger partial charge in [-0.15, -0.1) is 0 Å². The summed E-state index contributed by atoms with van der Waals surface area (Å²) in [6, 6.07) is 25.6. The summed E-state index contributed by atoms with van der Waals surface area (Å²) in [6.07, 6.45) is -0.910. The fourth-order valence-electron chi connectivity index (χ4n) is 3.20. The Morgan fingerprint density at radius 2 is 1.37 bits per heavy atom. The fourth-order valence-corrected chi connectivity index (χ4v) is 3.20. The van der Waals surface area contributed by atoms with Gasteiger partial charge in [-0.2, -0.15) is 0 Å². The summed E-state index contributed by atoms with van der Waals surface area (Å²) in [5, 5.41) is 12.0. The molecule has 4 nitrogen and oxygen atoms in total. The van der Waals surface area contributed by atoms with Crippen LogP contribution in [0.4, 0.5) is 0 Å². The van der Waals surface area contributed by atoms with Crippen molar-refractivity contribution in [2.75, 3.05) is 7.11 Å². The molecule has 0 fully saturated rings. The van der Waals surface area contributed by atoms with E-state index in [9.17, 15) is 9.90 Å². The van der Waals surface area contributed by atoms with E-state index in [4.69, 9.17) is 9.47 Å². The van der Waals surface area contributed by atoms with Crippen LogP contribution in [0.15, 0.2) is 84.9 Å². The van der Waals surface area contributed by atoms with Crippen LogP contribution in [0.1, 0.15) is 29.7 Å². The smallest absolute Gasteiger partial charge is 0.303 e. The third-order valence-corrected chi connectivity index (χ3v) is 4.51. The molecule has 0 aliphatic heterocycles. The highest BCUT2D eigenvalue weighted by atomic mass is 16.6. The average molecular weight is 362 g/mol. The minimum absolute atomic E-state index is 0.466. The highest BCUT2D eigenvalue weighted by molar-refractivity contribution is 5.67. The Balaban J connectivity index is 2.21. The summed E-state index contributed by atoms with van der Waals surface area (Å²) in [5.74, 6) is 0.213. The van der Waals surface area contributed by atoms with Gasteiger partial charge >= 0.3 is 5.97 Å². The summed E-state index contributed by atoms with van der Waals surface area (Å²) in [4.78, 5) is 11.9. The molecule has 0 bridgehead atoms. The molecular formula is C23H22O4. The third kappa shape index (κ3) is 3.86. The number of benzene rings is 3. The Kier molecular flexibility index (Phi) is 5.57. The monoisotopic (exact) mass is 362 g/mol. The summed E-state index contributed by atoms with van der Waals surface area (Å²) in [5.41, 5.74) is 0.366. The van der Waals surface area contributed by atoms with Crippen molar-refractivity contribution in [1.82, 2.24) is 0 Å². The van der Waals surface area contributed by atoms with Crippen molar-refractivity contribution in [1.29, 1.82) is 0 Å². The van der Waals surface area contributed by atoms with Crippen molar-refractivity contribution in [3.05, 3.63) is 102 Å². The molecule has 3 aromatic rings. The van der Waals surface area contributed by atoms with Crippen LogP contribution in [0.2, 0.25) is 0 Å². The maximum Gasteiger partial charge on any atom is 0.303 e. The fraction of sp³-hybridized carbons (Fsp3) is 0.174. The minimum Gasteiger partial charge on any atom is -0.497 e. The lowest BCUT2D eigenvalue weighted by Gasteiger charge is -2.37. The topological polar surface area (TPSA) is 55.8 Å². The van der Waals surface area contributed by atoms with E-state index in [-0.39, 0.29) is 0 Å². The van der Waals surface area contributed by atoms with E-state index in [1.807, 2.05) is 60.7 Å². The number of hydrogen-bond donors (Lipinski definition) is 1.